The number of aliphatic hydroxyl groups excluding tert-OH is 1. The molecule has 2 aromatic carbocycles. The zero-order valence-corrected chi connectivity index (χ0v) is 19.6. The third-order valence-electron chi connectivity index (χ3n) is 7.55. The lowest BCUT2D eigenvalue weighted by atomic mass is 9.82. The summed E-state index contributed by atoms with van der Waals surface area (Å²) in [6, 6.07) is 17.1. The molecule has 8 heteroatoms. The molecule has 35 heavy (non-hydrogen) atoms. The average molecular weight is 473 g/mol. The Balaban J connectivity index is 1.23. The standard InChI is InChI=1S/C27H28N4O4/c1-35-22-8-6-18(7-9-22)14-30-25(33)24-11-21(32)15-31(24)27(26(30)34)16-29(17-27)13-19-10-20-4-2-3-5-23(20)28-12-19/h2-10,12,21,24,32H,11,13-17H2,1H3/t21-,24+/m1/s1. The summed E-state index contributed by atoms with van der Waals surface area (Å²) in [7, 11) is 1.60. The predicted molar refractivity (Wildman–Crippen MR) is 129 cm³/mol. The number of fused-ring (bicyclic) bond motifs is 3. The van der Waals surface area contributed by atoms with Crippen molar-refractivity contribution >= 4 is 22.7 Å². The number of aliphatic hydroxyl groups is 1. The van der Waals surface area contributed by atoms with E-state index in [1.807, 2.05) is 59.6 Å². The van der Waals surface area contributed by atoms with Gasteiger partial charge in [0.15, 0.2) is 0 Å². The molecule has 6 rings (SSSR count). The fraction of sp³-hybridized carbons (Fsp3) is 0.370. The molecule has 3 fully saturated rings. The number of carbonyl (C=O) groups is 2. The van der Waals surface area contributed by atoms with Gasteiger partial charge in [0.2, 0.25) is 5.91 Å². The summed E-state index contributed by atoms with van der Waals surface area (Å²) < 4.78 is 5.22. The summed E-state index contributed by atoms with van der Waals surface area (Å²) in [6.07, 6.45) is 1.65. The molecule has 3 aliphatic rings. The molecule has 0 radical (unpaired) electrons. The minimum atomic E-state index is -0.785. The summed E-state index contributed by atoms with van der Waals surface area (Å²) in [4.78, 5) is 37.3. The van der Waals surface area contributed by atoms with Crippen molar-refractivity contribution < 1.29 is 19.4 Å². The monoisotopic (exact) mass is 472 g/mol. The molecule has 0 unspecified atom stereocenters. The van der Waals surface area contributed by atoms with Gasteiger partial charge in [0.05, 0.1) is 31.3 Å². The van der Waals surface area contributed by atoms with E-state index in [1.54, 1.807) is 7.11 Å². The number of piperazine rings is 1. The summed E-state index contributed by atoms with van der Waals surface area (Å²) >= 11 is 0. The van der Waals surface area contributed by atoms with Crippen molar-refractivity contribution in [1.29, 1.82) is 0 Å². The molecule has 180 valence electrons. The minimum absolute atomic E-state index is 0.170. The number of carbonyl (C=O) groups excluding carboxylic acids is 2. The molecule has 3 saturated heterocycles. The van der Waals surface area contributed by atoms with Crippen LogP contribution in [-0.4, -0.2) is 81.0 Å². The molecule has 1 spiro atoms. The van der Waals surface area contributed by atoms with E-state index in [2.05, 4.69) is 16.0 Å². The maximum absolute atomic E-state index is 13.8. The fourth-order valence-corrected chi connectivity index (χ4v) is 5.82. The Morgan fingerprint density at radius 1 is 1.06 bits per heavy atom. The molecule has 2 atom stereocenters. The zero-order valence-electron chi connectivity index (χ0n) is 19.6. The van der Waals surface area contributed by atoms with Gasteiger partial charge in [-0.15, -0.1) is 0 Å². The van der Waals surface area contributed by atoms with Crippen LogP contribution in [0.15, 0.2) is 60.8 Å². The lowest BCUT2D eigenvalue weighted by Gasteiger charge is -2.58. The first-order valence-electron chi connectivity index (χ1n) is 12.0. The molecule has 0 bridgehead atoms. The third-order valence-corrected chi connectivity index (χ3v) is 7.55. The van der Waals surface area contributed by atoms with E-state index in [0.29, 0.717) is 32.6 Å². The van der Waals surface area contributed by atoms with Gasteiger partial charge >= 0.3 is 0 Å². The van der Waals surface area contributed by atoms with Crippen LogP contribution in [0, 0.1) is 0 Å². The second-order valence-electron chi connectivity index (χ2n) is 9.85. The van der Waals surface area contributed by atoms with Crippen molar-refractivity contribution in [3.8, 4) is 5.75 Å². The van der Waals surface area contributed by atoms with Crippen molar-refractivity contribution in [3.05, 3.63) is 71.9 Å². The second-order valence-corrected chi connectivity index (χ2v) is 9.85. The quantitative estimate of drug-likeness (QED) is 0.567. The van der Waals surface area contributed by atoms with Gasteiger partial charge in [-0.1, -0.05) is 30.3 Å². The van der Waals surface area contributed by atoms with Crippen LogP contribution in [-0.2, 0) is 22.7 Å². The van der Waals surface area contributed by atoms with Crippen LogP contribution in [0.1, 0.15) is 17.5 Å². The third kappa shape index (κ3) is 3.69. The van der Waals surface area contributed by atoms with E-state index < -0.39 is 17.7 Å². The highest BCUT2D eigenvalue weighted by Gasteiger charge is 2.64. The van der Waals surface area contributed by atoms with Gasteiger partial charge < -0.3 is 9.84 Å². The number of ether oxygens (including phenoxy) is 1. The normalized spacial score (nSPS) is 24.1. The first-order valence-corrected chi connectivity index (χ1v) is 12.0. The number of imide groups is 1. The molecule has 0 saturated carbocycles. The Kier molecular flexibility index (Phi) is 5.32. The number of amides is 2. The maximum atomic E-state index is 13.8. The molecular weight excluding hydrogens is 444 g/mol. The first-order chi connectivity index (χ1) is 17.0. The number of pyridine rings is 1. The Bertz CT molecular complexity index is 1290. The lowest BCUT2D eigenvalue weighted by Crippen LogP contribution is -2.81. The van der Waals surface area contributed by atoms with Gasteiger partial charge in [0.1, 0.15) is 11.3 Å². The number of nitrogens with zero attached hydrogens (tertiary/aromatic N) is 4. The van der Waals surface area contributed by atoms with Gasteiger partial charge in [-0.2, -0.15) is 0 Å². The van der Waals surface area contributed by atoms with Gasteiger partial charge in [-0.3, -0.25) is 29.3 Å². The van der Waals surface area contributed by atoms with E-state index in [-0.39, 0.29) is 18.4 Å². The number of aromatic nitrogens is 1. The smallest absolute Gasteiger partial charge is 0.252 e. The second kappa shape index (κ2) is 8.41. The Hall–Kier alpha value is -3.33. The van der Waals surface area contributed by atoms with Crippen LogP contribution in [0.2, 0.25) is 0 Å². The highest BCUT2D eigenvalue weighted by molar-refractivity contribution is 6.06. The number of hydrogen-bond acceptors (Lipinski definition) is 7. The molecule has 1 N–H and O–H groups in total. The lowest BCUT2D eigenvalue weighted by molar-refractivity contribution is -0.181. The number of para-hydroxylation sites is 1. The Morgan fingerprint density at radius 2 is 1.83 bits per heavy atom. The number of β-amino-alcohol motifs (C(OH)–C–C–N with tert-alkyl or cyclic N) is 1. The fourth-order valence-electron chi connectivity index (χ4n) is 5.82. The van der Waals surface area contributed by atoms with Gasteiger partial charge in [0, 0.05) is 37.8 Å². The van der Waals surface area contributed by atoms with Crippen LogP contribution in [0.4, 0.5) is 0 Å². The van der Waals surface area contributed by atoms with E-state index in [9.17, 15) is 14.7 Å². The first kappa shape index (κ1) is 22.2. The minimum Gasteiger partial charge on any atom is -0.497 e. The van der Waals surface area contributed by atoms with Crippen molar-refractivity contribution in [1.82, 2.24) is 19.7 Å². The Labute approximate surface area is 203 Å². The Morgan fingerprint density at radius 3 is 2.60 bits per heavy atom. The molecule has 2 amide bonds. The highest BCUT2D eigenvalue weighted by atomic mass is 16.5. The summed E-state index contributed by atoms with van der Waals surface area (Å²) in [5, 5.41) is 11.5. The molecule has 1 aromatic heterocycles. The van der Waals surface area contributed by atoms with Gasteiger partial charge in [-0.05, 0) is 41.8 Å². The maximum Gasteiger partial charge on any atom is 0.252 e. The van der Waals surface area contributed by atoms with E-state index in [0.717, 1.165) is 27.8 Å². The van der Waals surface area contributed by atoms with Crippen molar-refractivity contribution in [2.24, 2.45) is 0 Å². The molecular formula is C27H28N4O4. The molecule has 4 heterocycles. The average Bonchev–Trinajstić information content (AvgIpc) is 3.25. The summed E-state index contributed by atoms with van der Waals surface area (Å²) in [5.74, 6) is 0.339. The van der Waals surface area contributed by atoms with Crippen LogP contribution in [0.3, 0.4) is 0 Å². The summed E-state index contributed by atoms with van der Waals surface area (Å²) in [5.41, 5.74) is 2.13. The van der Waals surface area contributed by atoms with Crippen molar-refractivity contribution in [2.75, 3.05) is 26.7 Å². The predicted octanol–water partition coefficient (Wildman–Crippen LogP) is 1.80. The topological polar surface area (TPSA) is 86.2 Å². The number of hydrogen-bond donors (Lipinski definition) is 1. The largest absolute Gasteiger partial charge is 0.497 e. The van der Waals surface area contributed by atoms with E-state index in [4.69, 9.17) is 4.74 Å². The number of benzene rings is 2. The van der Waals surface area contributed by atoms with Crippen LogP contribution in [0.5, 0.6) is 5.75 Å². The SMILES string of the molecule is COc1ccc(CN2C(=O)[C@@H]3C[C@@H](O)CN3C3(CN(Cc4cnc5ccccc5c4)C3)C2=O)cc1. The number of methoxy groups -OCH3 is 1. The van der Waals surface area contributed by atoms with E-state index in [1.165, 1.54) is 4.90 Å². The molecule has 0 aliphatic carbocycles. The van der Waals surface area contributed by atoms with E-state index >= 15 is 0 Å². The molecule has 8 nitrogen and oxygen atoms in total. The van der Waals surface area contributed by atoms with Crippen molar-refractivity contribution in [3.63, 3.8) is 0 Å². The molecule has 3 aromatic rings. The van der Waals surface area contributed by atoms with Crippen molar-refractivity contribution in [2.45, 2.75) is 37.2 Å². The van der Waals surface area contributed by atoms with Crippen LogP contribution < -0.4 is 4.74 Å². The van der Waals surface area contributed by atoms with Gasteiger partial charge in [0.25, 0.3) is 5.91 Å². The summed E-state index contributed by atoms with van der Waals surface area (Å²) in [6.45, 7) is 2.30. The molecule has 3 aliphatic heterocycles. The highest BCUT2D eigenvalue weighted by Crippen LogP contribution is 2.41. The van der Waals surface area contributed by atoms with Crippen LogP contribution >= 0.6 is 0 Å². The van der Waals surface area contributed by atoms with Crippen LogP contribution in [0.25, 0.3) is 10.9 Å². The van der Waals surface area contributed by atoms with Gasteiger partial charge in [-0.25, -0.2) is 0 Å². The number of likely N-dealkylation sites (tertiary alicyclic amines) is 1. The zero-order chi connectivity index (χ0) is 24.2. The number of rotatable bonds is 5.